The van der Waals surface area contributed by atoms with Crippen LogP contribution in [0.15, 0.2) is 30.3 Å². The van der Waals surface area contributed by atoms with Crippen molar-refractivity contribution in [3.63, 3.8) is 0 Å². The van der Waals surface area contributed by atoms with Crippen molar-refractivity contribution in [3.05, 3.63) is 30.3 Å². The first-order chi connectivity index (χ1) is 7.90. The second kappa shape index (κ2) is 5.55. The Morgan fingerprint density at radius 2 is 2.00 bits per heavy atom. The fraction of sp³-hybridized carbons (Fsp3) is 0.500. The molecule has 1 aliphatic carbocycles. The lowest BCUT2D eigenvalue weighted by Crippen LogP contribution is -2.33. The SMILES string of the molecule is N#CCCN(CC1CCC1)c1ccccc1. The molecule has 0 radical (unpaired) electrons. The smallest absolute Gasteiger partial charge is 0.0640 e. The number of hydrogen-bond donors (Lipinski definition) is 0. The minimum absolute atomic E-state index is 0.613. The summed E-state index contributed by atoms with van der Waals surface area (Å²) < 4.78 is 0. The van der Waals surface area contributed by atoms with E-state index < -0.39 is 0 Å². The van der Waals surface area contributed by atoms with Crippen LogP contribution in [0, 0.1) is 17.2 Å². The van der Waals surface area contributed by atoms with Crippen LogP contribution < -0.4 is 4.90 Å². The standard InChI is InChI=1S/C14H18N2/c15-10-5-11-16(12-13-6-4-7-13)14-8-2-1-3-9-14/h1-3,8-9,13H,4-7,11-12H2. The van der Waals surface area contributed by atoms with Crippen LogP contribution in [0.4, 0.5) is 5.69 Å². The van der Waals surface area contributed by atoms with Crippen molar-refractivity contribution in [3.8, 4) is 6.07 Å². The molecule has 0 atom stereocenters. The average molecular weight is 214 g/mol. The van der Waals surface area contributed by atoms with Gasteiger partial charge in [-0.15, -0.1) is 0 Å². The molecule has 84 valence electrons. The van der Waals surface area contributed by atoms with Gasteiger partial charge in [-0.05, 0) is 30.9 Å². The summed E-state index contributed by atoms with van der Waals surface area (Å²) in [5.41, 5.74) is 1.25. The van der Waals surface area contributed by atoms with E-state index >= 15 is 0 Å². The van der Waals surface area contributed by atoms with E-state index in [0.29, 0.717) is 6.42 Å². The third-order valence-electron chi connectivity index (χ3n) is 3.32. The number of nitriles is 1. The maximum Gasteiger partial charge on any atom is 0.0640 e. The third-order valence-corrected chi connectivity index (χ3v) is 3.32. The van der Waals surface area contributed by atoms with Crippen LogP contribution in [-0.4, -0.2) is 13.1 Å². The molecule has 2 nitrogen and oxygen atoms in total. The largest absolute Gasteiger partial charge is 0.370 e. The minimum Gasteiger partial charge on any atom is -0.370 e. The summed E-state index contributed by atoms with van der Waals surface area (Å²) in [5, 5.41) is 8.69. The van der Waals surface area contributed by atoms with Crippen LogP contribution in [0.3, 0.4) is 0 Å². The minimum atomic E-state index is 0.613. The van der Waals surface area contributed by atoms with Gasteiger partial charge in [0.1, 0.15) is 0 Å². The van der Waals surface area contributed by atoms with Gasteiger partial charge in [0.15, 0.2) is 0 Å². The summed E-state index contributed by atoms with van der Waals surface area (Å²) in [6, 6.07) is 12.7. The maximum atomic E-state index is 8.69. The lowest BCUT2D eigenvalue weighted by molar-refractivity contribution is 0.318. The maximum absolute atomic E-state index is 8.69. The molecule has 1 fully saturated rings. The van der Waals surface area contributed by atoms with Gasteiger partial charge in [-0.2, -0.15) is 5.26 Å². The normalized spacial score (nSPS) is 15.2. The lowest BCUT2D eigenvalue weighted by Gasteiger charge is -2.33. The van der Waals surface area contributed by atoms with Crippen molar-refractivity contribution in [1.82, 2.24) is 0 Å². The van der Waals surface area contributed by atoms with Crippen LogP contribution >= 0.6 is 0 Å². The van der Waals surface area contributed by atoms with Crippen molar-refractivity contribution in [2.45, 2.75) is 25.7 Å². The summed E-state index contributed by atoms with van der Waals surface area (Å²) in [5.74, 6) is 0.846. The monoisotopic (exact) mass is 214 g/mol. The van der Waals surface area contributed by atoms with Gasteiger partial charge < -0.3 is 4.90 Å². The number of anilines is 1. The van der Waals surface area contributed by atoms with E-state index in [1.165, 1.54) is 24.9 Å². The first-order valence-corrected chi connectivity index (χ1v) is 6.07. The molecule has 0 amide bonds. The number of para-hydroxylation sites is 1. The molecule has 0 heterocycles. The van der Waals surface area contributed by atoms with Gasteiger partial charge in [0.05, 0.1) is 12.5 Å². The van der Waals surface area contributed by atoms with E-state index in [4.69, 9.17) is 5.26 Å². The zero-order valence-electron chi connectivity index (χ0n) is 9.60. The fourth-order valence-corrected chi connectivity index (χ4v) is 2.14. The second-order valence-corrected chi connectivity index (χ2v) is 4.49. The molecular formula is C14H18N2. The number of benzene rings is 1. The predicted molar refractivity (Wildman–Crippen MR) is 66.2 cm³/mol. The molecule has 16 heavy (non-hydrogen) atoms. The molecule has 0 unspecified atom stereocenters. The highest BCUT2D eigenvalue weighted by atomic mass is 15.1. The van der Waals surface area contributed by atoms with Crippen molar-refractivity contribution in [2.24, 2.45) is 5.92 Å². The Kier molecular flexibility index (Phi) is 3.82. The van der Waals surface area contributed by atoms with Crippen LogP contribution in [-0.2, 0) is 0 Å². The van der Waals surface area contributed by atoms with E-state index in [2.05, 4.69) is 35.2 Å². The zero-order valence-corrected chi connectivity index (χ0v) is 9.60. The van der Waals surface area contributed by atoms with Crippen LogP contribution in [0.25, 0.3) is 0 Å². The molecule has 0 N–H and O–H groups in total. The van der Waals surface area contributed by atoms with Gasteiger partial charge in [-0.25, -0.2) is 0 Å². The van der Waals surface area contributed by atoms with Gasteiger partial charge in [-0.3, -0.25) is 0 Å². The Balaban J connectivity index is 1.98. The molecule has 1 aliphatic rings. The van der Waals surface area contributed by atoms with Gasteiger partial charge in [0, 0.05) is 18.8 Å². The number of rotatable bonds is 5. The summed E-state index contributed by atoms with van der Waals surface area (Å²) in [6.45, 7) is 1.97. The van der Waals surface area contributed by atoms with Gasteiger partial charge in [0.25, 0.3) is 0 Å². The molecular weight excluding hydrogens is 196 g/mol. The first-order valence-electron chi connectivity index (χ1n) is 6.07. The Morgan fingerprint density at radius 1 is 1.25 bits per heavy atom. The van der Waals surface area contributed by atoms with Crippen molar-refractivity contribution >= 4 is 5.69 Å². The number of nitrogens with zero attached hydrogens (tertiary/aromatic N) is 2. The Hall–Kier alpha value is -1.49. The van der Waals surface area contributed by atoms with Crippen LogP contribution in [0.5, 0.6) is 0 Å². The van der Waals surface area contributed by atoms with E-state index in [1.54, 1.807) is 0 Å². The molecule has 0 spiro atoms. The molecule has 0 aromatic heterocycles. The van der Waals surface area contributed by atoms with E-state index in [-0.39, 0.29) is 0 Å². The lowest BCUT2D eigenvalue weighted by atomic mass is 9.85. The summed E-state index contributed by atoms with van der Waals surface area (Å²) in [6.07, 6.45) is 4.71. The Bertz CT molecular complexity index is 349. The number of hydrogen-bond acceptors (Lipinski definition) is 2. The average Bonchev–Trinajstić information content (AvgIpc) is 2.28. The fourth-order valence-electron chi connectivity index (χ4n) is 2.14. The summed E-state index contributed by atoms with van der Waals surface area (Å²) in [7, 11) is 0. The second-order valence-electron chi connectivity index (χ2n) is 4.49. The van der Waals surface area contributed by atoms with Crippen molar-refractivity contribution in [1.29, 1.82) is 5.26 Å². The van der Waals surface area contributed by atoms with Gasteiger partial charge >= 0.3 is 0 Å². The quantitative estimate of drug-likeness (QED) is 0.752. The Morgan fingerprint density at radius 3 is 2.56 bits per heavy atom. The van der Waals surface area contributed by atoms with Crippen LogP contribution in [0.1, 0.15) is 25.7 Å². The van der Waals surface area contributed by atoms with Crippen LogP contribution in [0.2, 0.25) is 0 Å². The molecule has 2 rings (SSSR count). The van der Waals surface area contributed by atoms with Gasteiger partial charge in [-0.1, -0.05) is 24.6 Å². The van der Waals surface area contributed by atoms with E-state index in [9.17, 15) is 0 Å². The van der Waals surface area contributed by atoms with E-state index in [1.807, 2.05) is 6.07 Å². The molecule has 1 aromatic rings. The summed E-state index contributed by atoms with van der Waals surface area (Å²) in [4.78, 5) is 2.35. The molecule has 0 bridgehead atoms. The highest BCUT2D eigenvalue weighted by Crippen LogP contribution is 2.28. The molecule has 2 heteroatoms. The highest BCUT2D eigenvalue weighted by Gasteiger charge is 2.20. The van der Waals surface area contributed by atoms with Crippen molar-refractivity contribution < 1.29 is 0 Å². The van der Waals surface area contributed by atoms with Gasteiger partial charge in [0.2, 0.25) is 0 Å². The third kappa shape index (κ3) is 2.76. The highest BCUT2D eigenvalue weighted by molar-refractivity contribution is 5.46. The Labute approximate surface area is 97.5 Å². The predicted octanol–water partition coefficient (Wildman–Crippen LogP) is 3.21. The zero-order chi connectivity index (χ0) is 11.2. The first kappa shape index (κ1) is 11.0. The molecule has 1 aromatic carbocycles. The molecule has 0 saturated heterocycles. The van der Waals surface area contributed by atoms with Crippen molar-refractivity contribution in [2.75, 3.05) is 18.0 Å². The van der Waals surface area contributed by atoms with E-state index in [0.717, 1.165) is 19.0 Å². The molecule has 1 saturated carbocycles. The molecule has 0 aliphatic heterocycles. The summed E-state index contributed by atoms with van der Waals surface area (Å²) >= 11 is 0. The topological polar surface area (TPSA) is 27.0 Å².